The molecule has 0 aromatic heterocycles. The van der Waals surface area contributed by atoms with Crippen LogP contribution in [0.15, 0.2) is 0 Å². The largest absolute Gasteiger partial charge is 0.394 e. The highest BCUT2D eigenvalue weighted by molar-refractivity contribution is 7.81. The molecule has 17 heavy (non-hydrogen) atoms. The Morgan fingerprint density at radius 1 is 1.18 bits per heavy atom. The van der Waals surface area contributed by atoms with Gasteiger partial charge in [0.05, 0.1) is 12.7 Å². The fourth-order valence-electron chi connectivity index (χ4n) is 1.74. The van der Waals surface area contributed by atoms with E-state index in [0.717, 1.165) is 12.2 Å². The van der Waals surface area contributed by atoms with E-state index in [1.54, 1.807) is 14.2 Å². The molecule has 0 saturated heterocycles. The van der Waals surface area contributed by atoms with Crippen molar-refractivity contribution in [3.05, 3.63) is 0 Å². The number of methoxy groups -OCH3 is 2. The van der Waals surface area contributed by atoms with E-state index in [2.05, 4.69) is 25.3 Å². The smallest absolute Gasteiger partial charge is 0.157 e. The molecule has 0 aromatic carbocycles. The Labute approximate surface area is 115 Å². The summed E-state index contributed by atoms with van der Waals surface area (Å²) in [5, 5.41) is 18.5. The van der Waals surface area contributed by atoms with Gasteiger partial charge in [0, 0.05) is 25.9 Å². The van der Waals surface area contributed by atoms with E-state index in [1.165, 1.54) is 0 Å². The Balaban J connectivity index is 4.37. The van der Waals surface area contributed by atoms with Crippen molar-refractivity contribution in [3.8, 4) is 0 Å². The summed E-state index contributed by atoms with van der Waals surface area (Å²) in [6.07, 6.45) is 0.951. The first kappa shape index (κ1) is 17.5. The maximum absolute atomic E-state index is 9.52. The van der Waals surface area contributed by atoms with Crippen LogP contribution in [-0.2, 0) is 9.47 Å². The first-order chi connectivity index (χ1) is 8.08. The summed E-state index contributed by atoms with van der Waals surface area (Å²) in [4.78, 5) is 0. The molecule has 0 bridgehead atoms. The van der Waals surface area contributed by atoms with Crippen LogP contribution in [-0.4, -0.2) is 54.4 Å². The fraction of sp³-hybridized carbons (Fsp3) is 1.00. The molecular formula is C11H24O4S2. The van der Waals surface area contributed by atoms with E-state index in [1.807, 2.05) is 0 Å². The molecule has 0 aliphatic heterocycles. The minimum atomic E-state index is -0.719. The van der Waals surface area contributed by atoms with Crippen molar-refractivity contribution in [1.82, 2.24) is 0 Å². The van der Waals surface area contributed by atoms with Crippen molar-refractivity contribution in [1.29, 1.82) is 0 Å². The van der Waals surface area contributed by atoms with Crippen molar-refractivity contribution >= 4 is 25.3 Å². The van der Waals surface area contributed by atoms with Crippen LogP contribution in [0.3, 0.4) is 0 Å². The zero-order chi connectivity index (χ0) is 13.3. The molecule has 0 aliphatic rings. The Hall–Kier alpha value is 0.540. The number of aliphatic hydroxyl groups is 2. The Bertz CT molecular complexity index is 179. The summed E-state index contributed by atoms with van der Waals surface area (Å²) in [7, 11) is 3.17. The van der Waals surface area contributed by atoms with Gasteiger partial charge in [-0.05, 0) is 24.5 Å². The van der Waals surface area contributed by atoms with E-state index in [9.17, 15) is 5.11 Å². The molecule has 0 spiro atoms. The van der Waals surface area contributed by atoms with Gasteiger partial charge in [-0.15, -0.1) is 0 Å². The molecule has 0 rings (SSSR count). The number of thiol groups is 2. The Morgan fingerprint density at radius 2 is 1.76 bits per heavy atom. The third kappa shape index (κ3) is 7.54. The summed E-state index contributed by atoms with van der Waals surface area (Å²) >= 11 is 8.70. The van der Waals surface area contributed by atoms with Crippen LogP contribution in [0, 0.1) is 5.92 Å². The van der Waals surface area contributed by atoms with E-state index in [0.29, 0.717) is 12.8 Å². The zero-order valence-corrected chi connectivity index (χ0v) is 12.2. The highest BCUT2D eigenvalue weighted by atomic mass is 32.1. The van der Waals surface area contributed by atoms with Gasteiger partial charge < -0.3 is 19.7 Å². The molecule has 6 heteroatoms. The maximum atomic E-state index is 9.52. The highest BCUT2D eigenvalue weighted by Gasteiger charge is 2.24. The lowest BCUT2D eigenvalue weighted by Crippen LogP contribution is -2.29. The molecular weight excluding hydrogens is 260 g/mol. The lowest BCUT2D eigenvalue weighted by Gasteiger charge is -2.27. The second-order valence-electron chi connectivity index (χ2n) is 4.05. The van der Waals surface area contributed by atoms with Gasteiger partial charge in [0.25, 0.3) is 0 Å². The summed E-state index contributed by atoms with van der Waals surface area (Å²) in [6, 6.07) is 0. The molecule has 0 amide bonds. The number of hydrogen-bond donors (Lipinski definition) is 4. The van der Waals surface area contributed by atoms with Gasteiger partial charge in [-0.3, -0.25) is 0 Å². The quantitative estimate of drug-likeness (QED) is 0.357. The molecule has 2 unspecified atom stereocenters. The second-order valence-corrected chi connectivity index (χ2v) is 5.16. The van der Waals surface area contributed by atoms with Crippen molar-refractivity contribution in [2.24, 2.45) is 5.92 Å². The van der Waals surface area contributed by atoms with Crippen molar-refractivity contribution in [2.75, 3.05) is 26.6 Å². The van der Waals surface area contributed by atoms with Crippen molar-refractivity contribution in [3.63, 3.8) is 0 Å². The van der Waals surface area contributed by atoms with Crippen LogP contribution in [0.1, 0.15) is 19.3 Å². The molecule has 0 radical (unpaired) electrons. The van der Waals surface area contributed by atoms with Gasteiger partial charge in [-0.25, -0.2) is 0 Å². The van der Waals surface area contributed by atoms with Crippen molar-refractivity contribution < 1.29 is 19.7 Å². The van der Waals surface area contributed by atoms with Crippen LogP contribution in [0.4, 0.5) is 0 Å². The molecule has 0 saturated carbocycles. The van der Waals surface area contributed by atoms with Crippen LogP contribution in [0.5, 0.6) is 0 Å². The van der Waals surface area contributed by atoms with E-state index in [4.69, 9.17) is 14.6 Å². The van der Waals surface area contributed by atoms with Crippen LogP contribution in [0.25, 0.3) is 0 Å². The van der Waals surface area contributed by atoms with Gasteiger partial charge in [0.1, 0.15) is 0 Å². The molecule has 0 aromatic rings. The molecule has 4 nitrogen and oxygen atoms in total. The summed E-state index contributed by atoms with van der Waals surface area (Å²) in [5.41, 5.74) is 0. The average Bonchev–Trinajstić information content (AvgIpc) is 2.34. The average molecular weight is 284 g/mol. The van der Waals surface area contributed by atoms with E-state index in [-0.39, 0.29) is 24.1 Å². The first-order valence-corrected chi connectivity index (χ1v) is 6.87. The lowest BCUT2D eigenvalue weighted by molar-refractivity contribution is -0.116. The van der Waals surface area contributed by atoms with E-state index >= 15 is 0 Å². The number of ether oxygens (including phenoxy) is 2. The lowest BCUT2D eigenvalue weighted by atomic mass is 9.92. The fourth-order valence-corrected chi connectivity index (χ4v) is 2.59. The molecule has 0 heterocycles. The van der Waals surface area contributed by atoms with Crippen LogP contribution < -0.4 is 0 Å². The van der Waals surface area contributed by atoms with Gasteiger partial charge in [-0.1, -0.05) is 0 Å². The third-order valence-electron chi connectivity index (χ3n) is 2.78. The number of hydrogen-bond acceptors (Lipinski definition) is 6. The Kier molecular flexibility index (Phi) is 10.8. The highest BCUT2D eigenvalue weighted by Crippen LogP contribution is 2.26. The Morgan fingerprint density at radius 3 is 2.18 bits per heavy atom. The normalized spacial score (nSPS) is 17.1. The maximum Gasteiger partial charge on any atom is 0.157 e. The number of aliphatic hydroxyl groups excluding tert-OH is 2. The van der Waals surface area contributed by atoms with Crippen molar-refractivity contribution in [2.45, 2.75) is 36.9 Å². The first-order valence-electron chi connectivity index (χ1n) is 5.72. The molecule has 0 aliphatic carbocycles. The minimum absolute atomic E-state index is 0.112. The zero-order valence-electron chi connectivity index (χ0n) is 10.5. The second kappa shape index (κ2) is 10.5. The topological polar surface area (TPSA) is 58.9 Å². The van der Waals surface area contributed by atoms with Gasteiger partial charge >= 0.3 is 0 Å². The van der Waals surface area contributed by atoms with Gasteiger partial charge in [-0.2, -0.15) is 25.3 Å². The number of rotatable bonds is 10. The summed E-state index contributed by atoms with van der Waals surface area (Å²) < 4.78 is 10.3. The molecule has 2 N–H and O–H groups in total. The monoisotopic (exact) mass is 284 g/mol. The standard InChI is InChI=1S/C11H24O4S2/c1-14-11(15-2)6-8(5-9(13)7-12)10(17)3-4-16/h8-13,16-17H,3-7H2,1-2H3/t8?,9-,10?/m1/s1. The molecule has 3 atom stereocenters. The van der Waals surface area contributed by atoms with Gasteiger partial charge in [0.15, 0.2) is 6.29 Å². The molecule has 104 valence electrons. The molecule has 0 fully saturated rings. The summed E-state index contributed by atoms with van der Waals surface area (Å²) in [5.74, 6) is 0.863. The predicted molar refractivity (Wildman–Crippen MR) is 74.9 cm³/mol. The van der Waals surface area contributed by atoms with E-state index < -0.39 is 6.10 Å². The van der Waals surface area contributed by atoms with Gasteiger partial charge in [0.2, 0.25) is 0 Å². The third-order valence-corrected chi connectivity index (χ3v) is 3.71. The van der Waals surface area contributed by atoms with Crippen LogP contribution in [0.2, 0.25) is 0 Å². The SMILES string of the molecule is COC(CC(C[C@@H](O)CO)C(S)CCS)OC. The minimum Gasteiger partial charge on any atom is -0.394 e. The summed E-state index contributed by atoms with van der Waals surface area (Å²) in [6.45, 7) is -0.234. The van der Waals surface area contributed by atoms with Crippen LogP contribution >= 0.6 is 25.3 Å². The predicted octanol–water partition coefficient (Wildman–Crippen LogP) is 0.973.